The first-order chi connectivity index (χ1) is 7.32. The third-order valence-electron chi connectivity index (χ3n) is 1.59. The van der Waals surface area contributed by atoms with E-state index in [0.717, 1.165) is 0 Å². The van der Waals surface area contributed by atoms with E-state index in [1.54, 1.807) is 0 Å². The van der Waals surface area contributed by atoms with Crippen LogP contribution in [0.25, 0.3) is 0 Å². The van der Waals surface area contributed by atoms with Gasteiger partial charge in [-0.3, -0.25) is 4.57 Å². The molecule has 0 heterocycles. The molecule has 0 amide bonds. The minimum absolute atomic E-state index is 0.416. The maximum atomic E-state index is 11.4. The number of nitrogens with two attached hydrogens (primary N) is 1. The van der Waals surface area contributed by atoms with Crippen LogP contribution in [0, 0.1) is 0 Å². The van der Waals surface area contributed by atoms with Crippen LogP contribution >= 0.6 is 7.37 Å². The molecule has 0 spiro atoms. The molecule has 0 aromatic carbocycles. The summed E-state index contributed by atoms with van der Waals surface area (Å²) in [5.74, 6) is -3.65. The van der Waals surface area contributed by atoms with E-state index >= 15 is 0 Å². The van der Waals surface area contributed by atoms with E-state index in [9.17, 15) is 4.57 Å². The third kappa shape index (κ3) is 9.64. The monoisotopic (exact) mass is 255 g/mol. The topological polar surface area (TPSA) is 127 Å². The molecule has 0 aromatic heterocycles. The lowest BCUT2D eigenvalue weighted by molar-refractivity contribution is -0.159. The summed E-state index contributed by atoms with van der Waals surface area (Å²) in [4.78, 5) is 18.2. The molecule has 96 valence electrons. The van der Waals surface area contributed by atoms with Gasteiger partial charge in [0.05, 0.1) is 6.61 Å². The van der Waals surface area contributed by atoms with Gasteiger partial charge in [-0.2, -0.15) is 0 Å². The average molecular weight is 255 g/mol. The van der Waals surface area contributed by atoms with Crippen molar-refractivity contribution in [1.29, 1.82) is 0 Å². The summed E-state index contributed by atoms with van der Waals surface area (Å²) >= 11 is 0. The van der Waals surface area contributed by atoms with Crippen molar-refractivity contribution in [3.8, 4) is 0 Å². The van der Waals surface area contributed by atoms with Crippen LogP contribution in [0.1, 0.15) is 13.8 Å². The summed E-state index contributed by atoms with van der Waals surface area (Å²) in [5.41, 5.74) is 5.20. The van der Waals surface area contributed by atoms with Gasteiger partial charge in [0.1, 0.15) is 0 Å². The number of carbonyl (C=O) groups is 2. The van der Waals surface area contributed by atoms with Gasteiger partial charge in [0, 0.05) is 18.9 Å². The standard InChI is InChI=1S/C6H16NO2P.C2H2O4/c1-3-10(8,4-2)9-6-5-7;3-1(4)2(5)6/h3-7H2,1-2H3;(H,3,4)(H,5,6). The van der Waals surface area contributed by atoms with Crippen LogP contribution in [0.5, 0.6) is 0 Å². The molecule has 0 aliphatic rings. The largest absolute Gasteiger partial charge is 0.473 e. The Kier molecular flexibility index (Phi) is 10.2. The van der Waals surface area contributed by atoms with E-state index in [2.05, 4.69) is 0 Å². The molecule has 0 aliphatic heterocycles. The first-order valence-corrected chi connectivity index (χ1v) is 6.71. The number of carboxylic acid groups (broad SMARTS) is 2. The highest BCUT2D eigenvalue weighted by molar-refractivity contribution is 7.58. The summed E-state index contributed by atoms with van der Waals surface area (Å²) in [6.45, 7) is 4.62. The van der Waals surface area contributed by atoms with Crippen LogP contribution in [-0.4, -0.2) is 47.6 Å². The Balaban J connectivity index is 0. The molecule has 4 N–H and O–H groups in total. The maximum absolute atomic E-state index is 11.4. The van der Waals surface area contributed by atoms with Crippen molar-refractivity contribution < 1.29 is 28.9 Å². The number of hydrogen-bond acceptors (Lipinski definition) is 5. The van der Waals surface area contributed by atoms with Gasteiger partial charge in [-0.15, -0.1) is 0 Å². The van der Waals surface area contributed by atoms with Crippen LogP contribution in [-0.2, 0) is 18.7 Å². The molecule has 0 fully saturated rings. The van der Waals surface area contributed by atoms with E-state index in [1.165, 1.54) is 0 Å². The summed E-state index contributed by atoms with van der Waals surface area (Å²) in [5, 5.41) is 14.8. The molecule has 0 aromatic rings. The first kappa shape index (κ1) is 17.5. The maximum Gasteiger partial charge on any atom is 0.414 e. The van der Waals surface area contributed by atoms with Crippen LogP contribution in [0.15, 0.2) is 0 Å². The third-order valence-corrected chi connectivity index (χ3v) is 4.17. The van der Waals surface area contributed by atoms with E-state index in [1.807, 2.05) is 13.8 Å². The van der Waals surface area contributed by atoms with Gasteiger partial charge < -0.3 is 20.5 Å². The molecule has 16 heavy (non-hydrogen) atoms. The Morgan fingerprint density at radius 1 is 1.19 bits per heavy atom. The van der Waals surface area contributed by atoms with E-state index in [0.29, 0.717) is 25.5 Å². The second-order valence-electron chi connectivity index (χ2n) is 2.68. The van der Waals surface area contributed by atoms with Gasteiger partial charge in [-0.1, -0.05) is 13.8 Å². The number of hydrogen-bond donors (Lipinski definition) is 3. The predicted octanol–water partition coefficient (Wildman–Crippen LogP) is 0.435. The molecular formula is C8H18NO6P. The molecule has 0 saturated carbocycles. The van der Waals surface area contributed by atoms with Gasteiger partial charge in [-0.25, -0.2) is 9.59 Å². The second kappa shape index (κ2) is 9.33. The quantitative estimate of drug-likeness (QED) is 0.480. The zero-order valence-corrected chi connectivity index (χ0v) is 10.3. The van der Waals surface area contributed by atoms with Crippen molar-refractivity contribution in [1.82, 2.24) is 0 Å². The Bertz CT molecular complexity index is 247. The molecule has 8 heteroatoms. The smallest absolute Gasteiger partial charge is 0.414 e. The highest BCUT2D eigenvalue weighted by atomic mass is 31.2. The number of rotatable bonds is 5. The van der Waals surface area contributed by atoms with Crippen molar-refractivity contribution in [2.24, 2.45) is 5.73 Å². The molecule has 0 atom stereocenters. The van der Waals surface area contributed by atoms with Crippen molar-refractivity contribution in [2.75, 3.05) is 25.5 Å². The molecule has 0 unspecified atom stereocenters. The Morgan fingerprint density at radius 3 is 1.75 bits per heavy atom. The van der Waals surface area contributed by atoms with Crippen molar-refractivity contribution >= 4 is 19.3 Å². The lowest BCUT2D eigenvalue weighted by Gasteiger charge is -2.13. The Labute approximate surface area is 94.0 Å². The summed E-state index contributed by atoms with van der Waals surface area (Å²) in [6, 6.07) is 0. The van der Waals surface area contributed by atoms with Gasteiger partial charge in [0.15, 0.2) is 0 Å². The van der Waals surface area contributed by atoms with Crippen LogP contribution < -0.4 is 5.73 Å². The molecule has 0 rings (SSSR count). The van der Waals surface area contributed by atoms with Crippen molar-refractivity contribution in [3.05, 3.63) is 0 Å². The minimum Gasteiger partial charge on any atom is -0.473 e. The molecule has 0 aliphatic carbocycles. The normalized spacial score (nSPS) is 10.2. The molecule has 0 saturated heterocycles. The minimum atomic E-state index is -2.28. The zero-order valence-electron chi connectivity index (χ0n) is 9.38. The van der Waals surface area contributed by atoms with Crippen LogP contribution in [0.4, 0.5) is 0 Å². The van der Waals surface area contributed by atoms with Crippen molar-refractivity contribution in [2.45, 2.75) is 13.8 Å². The van der Waals surface area contributed by atoms with Gasteiger partial charge in [0.25, 0.3) is 0 Å². The summed E-state index contributed by atoms with van der Waals surface area (Å²) in [6.07, 6.45) is 1.23. The first-order valence-electron chi connectivity index (χ1n) is 4.71. The van der Waals surface area contributed by atoms with E-state index in [-0.39, 0.29) is 0 Å². The van der Waals surface area contributed by atoms with Crippen LogP contribution in [0.2, 0.25) is 0 Å². The fraction of sp³-hybridized carbons (Fsp3) is 0.750. The predicted molar refractivity (Wildman–Crippen MR) is 59.0 cm³/mol. The van der Waals surface area contributed by atoms with E-state index in [4.69, 9.17) is 30.1 Å². The highest BCUT2D eigenvalue weighted by Crippen LogP contribution is 2.45. The summed E-state index contributed by atoms with van der Waals surface area (Å²) < 4.78 is 16.5. The van der Waals surface area contributed by atoms with Crippen molar-refractivity contribution in [3.63, 3.8) is 0 Å². The van der Waals surface area contributed by atoms with Crippen LogP contribution in [0.3, 0.4) is 0 Å². The molecular weight excluding hydrogens is 237 g/mol. The second-order valence-corrected chi connectivity index (χ2v) is 5.83. The fourth-order valence-electron chi connectivity index (χ4n) is 0.625. The lowest BCUT2D eigenvalue weighted by Crippen LogP contribution is -2.09. The van der Waals surface area contributed by atoms with Gasteiger partial charge in [0.2, 0.25) is 7.37 Å². The zero-order chi connectivity index (χ0) is 13.2. The van der Waals surface area contributed by atoms with Gasteiger partial charge in [-0.05, 0) is 0 Å². The average Bonchev–Trinajstić information content (AvgIpc) is 2.26. The SMILES string of the molecule is CCP(=O)(CC)OCCN.O=C(O)C(=O)O. The number of aliphatic carboxylic acids is 2. The highest BCUT2D eigenvalue weighted by Gasteiger charge is 2.16. The fourth-order valence-corrected chi connectivity index (χ4v) is 1.88. The van der Waals surface area contributed by atoms with Gasteiger partial charge >= 0.3 is 11.9 Å². The molecule has 7 nitrogen and oxygen atoms in total. The lowest BCUT2D eigenvalue weighted by atomic mass is 10.7. The Morgan fingerprint density at radius 2 is 1.56 bits per heavy atom. The van der Waals surface area contributed by atoms with E-state index < -0.39 is 19.3 Å². The number of carboxylic acids is 2. The summed E-state index contributed by atoms with van der Waals surface area (Å²) in [7, 11) is -2.28. The Hall–Kier alpha value is -0.910. The molecule has 0 radical (unpaired) electrons. The molecule has 0 bridgehead atoms.